The van der Waals surface area contributed by atoms with Gasteiger partial charge in [-0.3, -0.25) is 0 Å². The largest absolute Gasteiger partial charge is 0.488 e. The van der Waals surface area contributed by atoms with Crippen molar-refractivity contribution in [2.45, 2.75) is 56.3 Å². The Bertz CT molecular complexity index is 1130. The van der Waals surface area contributed by atoms with Crippen molar-refractivity contribution in [3.63, 3.8) is 0 Å². The van der Waals surface area contributed by atoms with Gasteiger partial charge >= 0.3 is 0 Å². The lowest BCUT2D eigenvalue weighted by molar-refractivity contribution is 0.240. The van der Waals surface area contributed by atoms with E-state index in [4.69, 9.17) is 9.84 Å². The number of rotatable bonds is 6. The number of halogens is 2. The van der Waals surface area contributed by atoms with E-state index >= 15 is 0 Å². The molecule has 10 heteroatoms. The zero-order valence-electron chi connectivity index (χ0n) is 16.9. The number of nitrogens with one attached hydrogen (secondary N) is 2. The highest BCUT2D eigenvalue weighted by Crippen LogP contribution is 2.44. The molecular formula is C21H23F2N7O. The standard InChI is InChI=1S/C21H23F2N7O/c22-13-5-6-24-9-15(13)27-21-26-8-14(23)20(28-21)16-10-25-18-7-17(31-12-3-4-12)19(11-1-2-11)29-30(16)18/h7-8,10-13,15,24H,1-6,9H2,(H,26,27,28)/t13-,15-/m0/s1. The quantitative estimate of drug-likeness (QED) is 0.625. The first-order valence-electron chi connectivity index (χ1n) is 10.9. The van der Waals surface area contributed by atoms with Crippen LogP contribution in [0.15, 0.2) is 18.5 Å². The first kappa shape index (κ1) is 18.9. The molecule has 3 aromatic rings. The molecule has 0 spiro atoms. The van der Waals surface area contributed by atoms with Crippen LogP contribution < -0.4 is 15.4 Å². The Hall–Kier alpha value is -2.88. The fourth-order valence-corrected chi connectivity index (χ4v) is 3.92. The minimum Gasteiger partial charge on any atom is -0.488 e. The van der Waals surface area contributed by atoms with E-state index < -0.39 is 18.0 Å². The number of alkyl halides is 1. The number of aromatic nitrogens is 5. The summed E-state index contributed by atoms with van der Waals surface area (Å²) in [7, 11) is 0. The highest BCUT2D eigenvalue weighted by Gasteiger charge is 2.33. The van der Waals surface area contributed by atoms with E-state index in [0.717, 1.165) is 43.3 Å². The van der Waals surface area contributed by atoms with E-state index in [9.17, 15) is 8.78 Å². The maximum Gasteiger partial charge on any atom is 0.223 e. The maximum atomic E-state index is 14.7. The van der Waals surface area contributed by atoms with Crippen LogP contribution in [0.25, 0.3) is 17.0 Å². The Morgan fingerprint density at radius 3 is 2.77 bits per heavy atom. The second kappa shape index (κ2) is 7.37. The second-order valence-corrected chi connectivity index (χ2v) is 8.55. The van der Waals surface area contributed by atoms with Crippen LogP contribution in [0.1, 0.15) is 43.7 Å². The van der Waals surface area contributed by atoms with E-state index in [1.807, 2.05) is 6.07 Å². The van der Waals surface area contributed by atoms with Crippen LogP contribution in [0.4, 0.5) is 14.7 Å². The summed E-state index contributed by atoms with van der Waals surface area (Å²) >= 11 is 0. The summed E-state index contributed by atoms with van der Waals surface area (Å²) in [4.78, 5) is 12.8. The predicted molar refractivity (Wildman–Crippen MR) is 109 cm³/mol. The Balaban J connectivity index is 1.36. The topological polar surface area (TPSA) is 89.3 Å². The number of imidazole rings is 1. The first-order chi connectivity index (χ1) is 15.2. The van der Waals surface area contributed by atoms with Crippen molar-refractivity contribution in [3.05, 3.63) is 30.0 Å². The molecule has 2 saturated carbocycles. The average molecular weight is 427 g/mol. The third-order valence-corrected chi connectivity index (χ3v) is 5.97. The lowest BCUT2D eigenvalue weighted by Crippen LogP contribution is -2.46. The van der Waals surface area contributed by atoms with E-state index in [1.54, 1.807) is 10.7 Å². The number of piperidine rings is 1. The van der Waals surface area contributed by atoms with Gasteiger partial charge in [0.1, 0.15) is 29.0 Å². The molecule has 2 N–H and O–H groups in total. The Labute approximate surface area is 177 Å². The molecule has 0 unspecified atom stereocenters. The number of anilines is 1. The lowest BCUT2D eigenvalue weighted by atomic mass is 10.1. The zero-order valence-corrected chi connectivity index (χ0v) is 16.9. The van der Waals surface area contributed by atoms with E-state index in [1.165, 1.54) is 0 Å². The molecule has 0 amide bonds. The molecule has 3 aromatic heterocycles. The van der Waals surface area contributed by atoms with Crippen LogP contribution in [0.5, 0.6) is 5.75 Å². The summed E-state index contributed by atoms with van der Waals surface area (Å²) in [6.45, 7) is 1.10. The van der Waals surface area contributed by atoms with Crippen molar-refractivity contribution in [1.82, 2.24) is 29.9 Å². The number of ether oxygens (including phenoxy) is 1. The molecule has 8 nitrogen and oxygen atoms in total. The molecule has 4 heterocycles. The molecule has 2 aliphatic carbocycles. The van der Waals surface area contributed by atoms with Gasteiger partial charge in [-0.15, -0.1) is 0 Å². The molecule has 1 aliphatic heterocycles. The molecule has 6 rings (SSSR count). The maximum absolute atomic E-state index is 14.7. The van der Waals surface area contributed by atoms with Crippen LogP contribution in [-0.2, 0) is 0 Å². The number of hydrogen-bond donors (Lipinski definition) is 2. The van der Waals surface area contributed by atoms with Crippen molar-refractivity contribution in [3.8, 4) is 17.1 Å². The molecule has 31 heavy (non-hydrogen) atoms. The van der Waals surface area contributed by atoms with Gasteiger partial charge in [0.2, 0.25) is 5.95 Å². The minimum atomic E-state index is -1.01. The first-order valence-corrected chi connectivity index (χ1v) is 10.9. The number of fused-ring (bicyclic) bond motifs is 1. The molecule has 3 aliphatic rings. The van der Waals surface area contributed by atoms with Crippen molar-refractivity contribution < 1.29 is 13.5 Å². The summed E-state index contributed by atoms with van der Waals surface area (Å²) in [5.74, 6) is 0.734. The predicted octanol–water partition coefficient (Wildman–Crippen LogP) is 2.86. The van der Waals surface area contributed by atoms with Gasteiger partial charge in [0.25, 0.3) is 0 Å². The zero-order chi connectivity index (χ0) is 20.9. The molecule has 2 atom stereocenters. The number of nitrogens with zero attached hydrogens (tertiary/aromatic N) is 5. The van der Waals surface area contributed by atoms with Gasteiger partial charge in [0, 0.05) is 18.5 Å². The van der Waals surface area contributed by atoms with Crippen LogP contribution in [-0.4, -0.2) is 56.0 Å². The highest BCUT2D eigenvalue weighted by molar-refractivity contribution is 5.62. The fourth-order valence-electron chi connectivity index (χ4n) is 3.92. The van der Waals surface area contributed by atoms with Crippen LogP contribution in [0.2, 0.25) is 0 Å². The summed E-state index contributed by atoms with van der Waals surface area (Å²) in [6, 6.07) is 1.42. The van der Waals surface area contributed by atoms with Crippen molar-refractivity contribution in [1.29, 1.82) is 0 Å². The van der Waals surface area contributed by atoms with E-state index in [2.05, 4.69) is 25.6 Å². The van der Waals surface area contributed by atoms with E-state index in [-0.39, 0.29) is 17.7 Å². The SMILES string of the molecule is Fc1cnc(N[C@H]2CNCC[C@@H]2F)nc1-c1cnc2cc(OC3CC3)c(C3CC3)nn12. The van der Waals surface area contributed by atoms with Gasteiger partial charge in [0.05, 0.1) is 24.5 Å². The van der Waals surface area contributed by atoms with Gasteiger partial charge in [-0.25, -0.2) is 28.2 Å². The van der Waals surface area contributed by atoms with Gasteiger partial charge in [-0.05, 0) is 38.6 Å². The molecule has 0 radical (unpaired) electrons. The highest BCUT2D eigenvalue weighted by atomic mass is 19.1. The van der Waals surface area contributed by atoms with Crippen LogP contribution in [0, 0.1) is 5.82 Å². The lowest BCUT2D eigenvalue weighted by Gasteiger charge is -2.27. The van der Waals surface area contributed by atoms with Gasteiger partial charge in [-0.1, -0.05) is 0 Å². The smallest absolute Gasteiger partial charge is 0.223 e. The van der Waals surface area contributed by atoms with Crippen molar-refractivity contribution >= 4 is 11.6 Å². The van der Waals surface area contributed by atoms with Crippen molar-refractivity contribution in [2.24, 2.45) is 0 Å². The molecular weight excluding hydrogens is 404 g/mol. The minimum absolute atomic E-state index is 0.0780. The Morgan fingerprint density at radius 2 is 2.00 bits per heavy atom. The summed E-state index contributed by atoms with van der Waals surface area (Å²) in [5, 5.41) is 10.9. The van der Waals surface area contributed by atoms with Crippen molar-refractivity contribution in [2.75, 3.05) is 18.4 Å². The molecule has 3 fully saturated rings. The number of hydrogen-bond acceptors (Lipinski definition) is 7. The summed E-state index contributed by atoms with van der Waals surface area (Å²) in [6.07, 6.45) is 6.58. The van der Waals surface area contributed by atoms with Gasteiger partial charge in [0.15, 0.2) is 11.5 Å². The summed E-state index contributed by atoms with van der Waals surface area (Å²) < 4.78 is 36.6. The molecule has 0 aromatic carbocycles. The normalized spacial score (nSPS) is 23.8. The third-order valence-electron chi connectivity index (χ3n) is 5.97. The van der Waals surface area contributed by atoms with Crippen LogP contribution >= 0.6 is 0 Å². The molecule has 1 saturated heterocycles. The Kier molecular flexibility index (Phi) is 4.48. The molecule has 162 valence electrons. The Morgan fingerprint density at radius 1 is 1.13 bits per heavy atom. The fraction of sp³-hybridized carbons (Fsp3) is 0.524. The van der Waals surface area contributed by atoms with E-state index in [0.29, 0.717) is 36.8 Å². The van der Waals surface area contributed by atoms with Crippen LogP contribution in [0.3, 0.4) is 0 Å². The van der Waals surface area contributed by atoms with Gasteiger partial charge < -0.3 is 15.4 Å². The summed E-state index contributed by atoms with van der Waals surface area (Å²) in [5.41, 5.74) is 1.97. The average Bonchev–Trinajstić information content (AvgIpc) is 3.70. The van der Waals surface area contributed by atoms with Gasteiger partial charge in [-0.2, -0.15) is 5.10 Å². The molecule has 0 bridgehead atoms. The third kappa shape index (κ3) is 3.69. The second-order valence-electron chi connectivity index (χ2n) is 8.55. The monoisotopic (exact) mass is 427 g/mol.